The first-order valence-corrected chi connectivity index (χ1v) is 15.0. The maximum Gasteiger partial charge on any atom is 0.256 e. The topological polar surface area (TPSA) is 128 Å². The van der Waals surface area contributed by atoms with Crippen molar-refractivity contribution >= 4 is 34.4 Å². The van der Waals surface area contributed by atoms with E-state index in [1.54, 1.807) is 30.5 Å². The Morgan fingerprint density at radius 1 is 1.00 bits per heavy atom. The Morgan fingerprint density at radius 3 is 2.71 bits per heavy atom. The number of benzene rings is 1. The van der Waals surface area contributed by atoms with Gasteiger partial charge in [0.15, 0.2) is 0 Å². The summed E-state index contributed by atoms with van der Waals surface area (Å²) in [6.45, 7) is 0.737. The molecule has 0 radical (unpaired) electrons. The second-order valence-electron chi connectivity index (χ2n) is 11.3. The average molecular weight is 564 g/mol. The van der Waals surface area contributed by atoms with Gasteiger partial charge in [-0.05, 0) is 69.2 Å². The van der Waals surface area contributed by atoms with Crippen LogP contribution in [-0.4, -0.2) is 38.1 Å². The molecule has 9 nitrogen and oxygen atoms in total. The van der Waals surface area contributed by atoms with E-state index >= 15 is 0 Å². The number of carbonyl (C=O) groups is 2. The zero-order valence-corrected chi connectivity index (χ0v) is 23.8. The highest BCUT2D eigenvalue weighted by atomic mass is 16.2. The Bertz CT molecular complexity index is 1590. The minimum atomic E-state index is -0.235. The first-order chi connectivity index (χ1) is 20.6. The SMILES string of the molecule is Nc1ncc2c3c1c(-c1ccc(C(=O)Nc4ccccn4)cc1)nn3[C@@H]1CCC[C@H](C1)C(=O)NCCCCC/C=C/C2. The fraction of sp³-hybridized carbons (Fsp3) is 0.364. The predicted molar refractivity (Wildman–Crippen MR) is 165 cm³/mol. The third kappa shape index (κ3) is 5.91. The van der Waals surface area contributed by atoms with Crippen LogP contribution in [0, 0.1) is 5.92 Å². The molecule has 1 aromatic carbocycles. The second kappa shape index (κ2) is 12.5. The molecule has 42 heavy (non-hydrogen) atoms. The molecule has 0 spiro atoms. The van der Waals surface area contributed by atoms with Crippen LogP contribution in [0.15, 0.2) is 67.0 Å². The fourth-order valence-electron chi connectivity index (χ4n) is 6.15. The van der Waals surface area contributed by atoms with Crippen molar-refractivity contribution in [1.29, 1.82) is 0 Å². The molecule has 2 bridgehead atoms. The van der Waals surface area contributed by atoms with Crippen LogP contribution < -0.4 is 16.4 Å². The van der Waals surface area contributed by atoms with Gasteiger partial charge < -0.3 is 16.4 Å². The lowest BCUT2D eigenvalue weighted by Gasteiger charge is -2.29. The number of hydrogen-bond donors (Lipinski definition) is 3. The number of nitrogens with zero attached hydrogens (tertiary/aromatic N) is 4. The van der Waals surface area contributed by atoms with E-state index in [2.05, 4.69) is 37.4 Å². The summed E-state index contributed by atoms with van der Waals surface area (Å²) in [5.74, 6) is 0.817. The number of nitrogens with two attached hydrogens (primary N) is 1. The number of hydrogen-bond acceptors (Lipinski definition) is 6. The number of carbonyl (C=O) groups excluding carboxylic acids is 2. The van der Waals surface area contributed by atoms with Crippen molar-refractivity contribution in [3.05, 3.63) is 78.1 Å². The average Bonchev–Trinajstić information content (AvgIpc) is 3.43. The summed E-state index contributed by atoms with van der Waals surface area (Å²) in [6.07, 6.45) is 16.5. The smallest absolute Gasteiger partial charge is 0.256 e. The second-order valence-corrected chi connectivity index (χ2v) is 11.3. The first-order valence-electron chi connectivity index (χ1n) is 15.0. The van der Waals surface area contributed by atoms with Gasteiger partial charge in [0.25, 0.3) is 5.91 Å². The molecule has 1 fully saturated rings. The number of aromatic nitrogens is 4. The van der Waals surface area contributed by atoms with Gasteiger partial charge in [-0.1, -0.05) is 43.2 Å². The van der Waals surface area contributed by atoms with Crippen molar-refractivity contribution in [1.82, 2.24) is 25.1 Å². The van der Waals surface area contributed by atoms with Crippen LogP contribution >= 0.6 is 0 Å². The summed E-state index contributed by atoms with van der Waals surface area (Å²) in [5.41, 5.74) is 10.7. The number of nitrogens with one attached hydrogen (secondary N) is 2. The van der Waals surface area contributed by atoms with E-state index in [-0.39, 0.29) is 23.8 Å². The van der Waals surface area contributed by atoms with Crippen LogP contribution in [0.5, 0.6) is 0 Å². The molecule has 4 aromatic rings. The van der Waals surface area contributed by atoms with E-state index in [0.717, 1.165) is 92.1 Å². The molecular weight excluding hydrogens is 526 g/mol. The largest absolute Gasteiger partial charge is 0.383 e. The quantitative estimate of drug-likeness (QED) is 0.268. The van der Waals surface area contributed by atoms with Gasteiger partial charge in [-0.2, -0.15) is 5.10 Å². The van der Waals surface area contributed by atoms with Crippen molar-refractivity contribution in [3.63, 3.8) is 0 Å². The van der Waals surface area contributed by atoms with E-state index in [9.17, 15) is 9.59 Å². The van der Waals surface area contributed by atoms with Crippen LogP contribution in [0.25, 0.3) is 22.2 Å². The summed E-state index contributed by atoms with van der Waals surface area (Å²) in [5, 5.41) is 12.0. The van der Waals surface area contributed by atoms with Crippen molar-refractivity contribution in [2.75, 3.05) is 17.6 Å². The third-order valence-corrected chi connectivity index (χ3v) is 8.37. The minimum Gasteiger partial charge on any atom is -0.383 e. The van der Waals surface area contributed by atoms with E-state index in [4.69, 9.17) is 10.8 Å². The van der Waals surface area contributed by atoms with Gasteiger partial charge in [-0.3, -0.25) is 14.3 Å². The van der Waals surface area contributed by atoms with Gasteiger partial charge in [0.1, 0.15) is 17.3 Å². The van der Waals surface area contributed by atoms with Gasteiger partial charge >= 0.3 is 0 Å². The summed E-state index contributed by atoms with van der Waals surface area (Å²) in [7, 11) is 0. The highest BCUT2D eigenvalue weighted by Gasteiger charge is 2.31. The number of rotatable bonds is 3. The van der Waals surface area contributed by atoms with Gasteiger partial charge in [-0.15, -0.1) is 0 Å². The molecule has 1 aliphatic carbocycles. The van der Waals surface area contributed by atoms with Crippen LogP contribution in [0.1, 0.15) is 73.3 Å². The number of amides is 2. The van der Waals surface area contributed by atoms with E-state index < -0.39 is 0 Å². The highest BCUT2D eigenvalue weighted by molar-refractivity contribution is 6.05. The van der Waals surface area contributed by atoms with E-state index in [1.807, 2.05) is 24.4 Å². The Labute approximate surface area is 245 Å². The molecule has 4 N–H and O–H groups in total. The zero-order chi connectivity index (χ0) is 28.9. The van der Waals surface area contributed by atoms with Crippen LogP contribution in [0.2, 0.25) is 0 Å². The highest BCUT2D eigenvalue weighted by Crippen LogP contribution is 2.40. The van der Waals surface area contributed by atoms with Gasteiger partial charge in [-0.25, -0.2) is 9.97 Å². The molecule has 1 aliphatic heterocycles. The molecule has 4 heterocycles. The zero-order valence-electron chi connectivity index (χ0n) is 23.8. The van der Waals surface area contributed by atoms with Gasteiger partial charge in [0.2, 0.25) is 5.91 Å². The molecule has 9 heteroatoms. The van der Waals surface area contributed by atoms with Gasteiger partial charge in [0.05, 0.1) is 16.9 Å². The summed E-state index contributed by atoms with van der Waals surface area (Å²) >= 11 is 0. The number of fused-ring (bicyclic) bond motifs is 3. The maximum absolute atomic E-state index is 13.1. The third-order valence-electron chi connectivity index (χ3n) is 8.37. The minimum absolute atomic E-state index is 0.0289. The molecule has 0 saturated heterocycles. The number of allylic oxidation sites excluding steroid dienone is 2. The Hall–Kier alpha value is -4.53. The van der Waals surface area contributed by atoms with Crippen LogP contribution in [0.4, 0.5) is 11.6 Å². The molecule has 216 valence electrons. The fourth-order valence-corrected chi connectivity index (χ4v) is 6.15. The number of nitrogen functional groups attached to an aromatic ring is 1. The van der Waals surface area contributed by atoms with Gasteiger partial charge in [0, 0.05) is 41.5 Å². The Morgan fingerprint density at radius 2 is 1.88 bits per heavy atom. The first kappa shape index (κ1) is 27.6. The van der Waals surface area contributed by atoms with Crippen molar-refractivity contribution in [3.8, 4) is 11.3 Å². The standard InChI is InChI=1S/C33H37N7O2/c34-31-28-29(22-14-16-23(17-15-22)33(42)38-27-13-6-8-18-35-27)39-40-26-12-9-11-24(20-26)32(41)36-19-7-4-2-1-3-5-10-25(21-37-31)30(28)40/h3,5-6,8,13-18,21,24,26H,1-2,4,7,9-12,19-20H2,(H2,34,37)(H,36,41)(H,35,38,42)/b5-3+/t24-,26-/m1/s1. The van der Waals surface area contributed by atoms with E-state index in [0.29, 0.717) is 17.2 Å². The van der Waals surface area contributed by atoms with Crippen molar-refractivity contribution in [2.24, 2.45) is 5.92 Å². The maximum atomic E-state index is 13.1. The molecule has 2 amide bonds. The lowest BCUT2D eigenvalue weighted by atomic mass is 9.85. The normalized spacial score (nSPS) is 20.5. The summed E-state index contributed by atoms with van der Waals surface area (Å²) < 4.78 is 2.11. The molecule has 1 saturated carbocycles. The molecule has 0 unspecified atom stereocenters. The van der Waals surface area contributed by atoms with E-state index in [1.165, 1.54) is 0 Å². The Kier molecular flexibility index (Phi) is 8.26. The summed E-state index contributed by atoms with van der Waals surface area (Å²) in [6, 6.07) is 12.8. The molecule has 2 atom stereocenters. The lowest BCUT2D eigenvalue weighted by molar-refractivity contribution is -0.126. The molecule has 3 aromatic heterocycles. The van der Waals surface area contributed by atoms with Crippen molar-refractivity contribution in [2.45, 2.75) is 63.8 Å². The molecular formula is C33H37N7O2. The lowest BCUT2D eigenvalue weighted by Crippen LogP contribution is -2.35. The van der Waals surface area contributed by atoms with Crippen LogP contribution in [0.3, 0.4) is 0 Å². The molecule has 2 aliphatic rings. The van der Waals surface area contributed by atoms with Crippen LogP contribution in [-0.2, 0) is 11.2 Å². The monoisotopic (exact) mass is 563 g/mol. The molecule has 6 rings (SSSR count). The summed E-state index contributed by atoms with van der Waals surface area (Å²) in [4.78, 5) is 34.7. The Balaban J connectivity index is 1.39. The number of pyridine rings is 2. The van der Waals surface area contributed by atoms with Crippen molar-refractivity contribution < 1.29 is 9.59 Å². The predicted octanol–water partition coefficient (Wildman–Crippen LogP) is 5.85. The number of anilines is 2.